The predicted molar refractivity (Wildman–Crippen MR) is 75.2 cm³/mol. The number of rotatable bonds is 6. The van der Waals surface area contributed by atoms with E-state index >= 15 is 0 Å². The number of benzene rings is 1. The molecule has 0 aliphatic heterocycles. The molecule has 0 unspecified atom stereocenters. The van der Waals surface area contributed by atoms with Gasteiger partial charge in [-0.2, -0.15) is 10.2 Å². The van der Waals surface area contributed by atoms with Gasteiger partial charge in [0.1, 0.15) is 5.75 Å². The fourth-order valence-corrected chi connectivity index (χ4v) is 1.58. The van der Waals surface area contributed by atoms with Crippen LogP contribution in [0.25, 0.3) is 0 Å². The van der Waals surface area contributed by atoms with Gasteiger partial charge in [-0.3, -0.25) is 4.79 Å². The number of aromatic nitrogens is 2. The average molecular weight is 271 g/mol. The summed E-state index contributed by atoms with van der Waals surface area (Å²) in [6.07, 6.45) is 0.314. The zero-order chi connectivity index (χ0) is 14.2. The van der Waals surface area contributed by atoms with Crippen molar-refractivity contribution in [2.24, 2.45) is 0 Å². The molecule has 0 saturated carbocycles. The van der Waals surface area contributed by atoms with Crippen LogP contribution in [0.2, 0.25) is 0 Å². The Bertz CT molecular complexity index is 541. The number of hydrogen-bond donors (Lipinski definition) is 1. The Morgan fingerprint density at radius 3 is 2.65 bits per heavy atom. The fourth-order valence-electron chi connectivity index (χ4n) is 1.58. The number of aryl methyl sites for hydroxylation is 1. The highest BCUT2D eigenvalue weighted by atomic mass is 16.5. The summed E-state index contributed by atoms with van der Waals surface area (Å²) < 4.78 is 5.46. The van der Waals surface area contributed by atoms with Crippen molar-refractivity contribution in [2.75, 3.05) is 6.61 Å². The molecular weight excluding hydrogens is 254 g/mol. The van der Waals surface area contributed by atoms with Crippen molar-refractivity contribution in [3.05, 3.63) is 53.9 Å². The van der Waals surface area contributed by atoms with Crippen LogP contribution in [0, 0.1) is 6.92 Å². The van der Waals surface area contributed by atoms with E-state index < -0.39 is 0 Å². The van der Waals surface area contributed by atoms with Gasteiger partial charge in [0, 0.05) is 0 Å². The quantitative estimate of drug-likeness (QED) is 0.871. The smallest absolute Gasteiger partial charge is 0.223 e. The molecule has 0 fully saturated rings. The zero-order valence-electron chi connectivity index (χ0n) is 11.4. The van der Waals surface area contributed by atoms with Crippen LogP contribution in [-0.4, -0.2) is 22.7 Å². The van der Waals surface area contributed by atoms with Gasteiger partial charge >= 0.3 is 0 Å². The molecule has 0 aliphatic rings. The molecule has 0 bridgehead atoms. The van der Waals surface area contributed by atoms with Crippen LogP contribution in [0.3, 0.4) is 0 Å². The largest absolute Gasteiger partial charge is 0.493 e. The van der Waals surface area contributed by atoms with Gasteiger partial charge in [0.05, 0.1) is 31.0 Å². The van der Waals surface area contributed by atoms with Crippen molar-refractivity contribution in [1.29, 1.82) is 0 Å². The van der Waals surface area contributed by atoms with Gasteiger partial charge in [-0.05, 0) is 31.2 Å². The van der Waals surface area contributed by atoms with Crippen molar-refractivity contribution in [2.45, 2.75) is 19.9 Å². The third kappa shape index (κ3) is 4.68. The van der Waals surface area contributed by atoms with Crippen LogP contribution < -0.4 is 10.1 Å². The first-order valence-electron chi connectivity index (χ1n) is 6.48. The van der Waals surface area contributed by atoms with Crippen LogP contribution >= 0.6 is 0 Å². The summed E-state index contributed by atoms with van der Waals surface area (Å²) in [4.78, 5) is 11.6. The van der Waals surface area contributed by atoms with Crippen molar-refractivity contribution < 1.29 is 9.53 Å². The van der Waals surface area contributed by atoms with E-state index in [1.54, 1.807) is 0 Å². The minimum atomic E-state index is -0.0664. The Labute approximate surface area is 118 Å². The minimum Gasteiger partial charge on any atom is -0.493 e. The molecular formula is C15H17N3O2. The summed E-state index contributed by atoms with van der Waals surface area (Å²) in [5.74, 6) is 0.702. The molecule has 5 heteroatoms. The second-order valence-electron chi connectivity index (χ2n) is 4.35. The molecule has 1 aromatic heterocycles. The number of ether oxygens (including phenoxy) is 1. The number of amides is 1. The summed E-state index contributed by atoms with van der Waals surface area (Å²) in [6, 6.07) is 13.1. The number of para-hydroxylation sites is 1. The van der Waals surface area contributed by atoms with E-state index in [0.29, 0.717) is 19.6 Å². The molecule has 2 aromatic rings. The van der Waals surface area contributed by atoms with E-state index in [1.165, 1.54) is 0 Å². The maximum atomic E-state index is 11.6. The Morgan fingerprint density at radius 1 is 1.15 bits per heavy atom. The maximum Gasteiger partial charge on any atom is 0.223 e. The lowest BCUT2D eigenvalue weighted by Gasteiger charge is -2.06. The molecule has 104 valence electrons. The van der Waals surface area contributed by atoms with Crippen molar-refractivity contribution in [1.82, 2.24) is 15.5 Å². The van der Waals surface area contributed by atoms with Gasteiger partial charge in [-0.1, -0.05) is 18.2 Å². The molecule has 2 rings (SSSR count). The highest BCUT2D eigenvalue weighted by Gasteiger charge is 2.03. The molecule has 0 radical (unpaired) electrons. The van der Waals surface area contributed by atoms with Gasteiger partial charge in [0.2, 0.25) is 5.91 Å². The molecule has 0 saturated heterocycles. The molecule has 1 amide bonds. The summed E-state index contributed by atoms with van der Waals surface area (Å²) in [5.41, 5.74) is 1.60. The molecule has 0 aliphatic carbocycles. The van der Waals surface area contributed by atoms with Gasteiger partial charge in [-0.25, -0.2) is 0 Å². The van der Waals surface area contributed by atoms with E-state index in [2.05, 4.69) is 15.5 Å². The van der Waals surface area contributed by atoms with E-state index in [1.807, 2.05) is 49.4 Å². The Morgan fingerprint density at radius 2 is 1.95 bits per heavy atom. The average Bonchev–Trinajstić information content (AvgIpc) is 2.48. The SMILES string of the molecule is Cc1ccc(CNC(=O)CCOc2ccccc2)nn1. The van der Waals surface area contributed by atoms with Crippen LogP contribution in [-0.2, 0) is 11.3 Å². The van der Waals surface area contributed by atoms with E-state index in [0.717, 1.165) is 17.1 Å². The van der Waals surface area contributed by atoms with Crippen LogP contribution in [0.1, 0.15) is 17.8 Å². The summed E-state index contributed by atoms with van der Waals surface area (Å²) in [5, 5.41) is 10.7. The molecule has 5 nitrogen and oxygen atoms in total. The lowest BCUT2D eigenvalue weighted by atomic mass is 10.3. The van der Waals surface area contributed by atoms with Gasteiger partial charge in [0.25, 0.3) is 0 Å². The minimum absolute atomic E-state index is 0.0664. The summed E-state index contributed by atoms with van der Waals surface area (Å²) in [6.45, 7) is 2.61. The number of carbonyl (C=O) groups is 1. The molecule has 1 heterocycles. The molecule has 0 spiro atoms. The van der Waals surface area contributed by atoms with Crippen LogP contribution in [0.5, 0.6) is 5.75 Å². The van der Waals surface area contributed by atoms with E-state index in [9.17, 15) is 4.79 Å². The normalized spacial score (nSPS) is 10.1. The van der Waals surface area contributed by atoms with Crippen molar-refractivity contribution in [3.63, 3.8) is 0 Å². The van der Waals surface area contributed by atoms with E-state index in [4.69, 9.17) is 4.74 Å². The summed E-state index contributed by atoms with van der Waals surface area (Å²) in [7, 11) is 0. The standard InChI is InChI=1S/C15H17N3O2/c1-12-7-8-13(18-17-12)11-16-15(19)9-10-20-14-5-3-2-4-6-14/h2-8H,9-11H2,1H3,(H,16,19). The first kappa shape index (κ1) is 14.0. The second kappa shape index (κ2) is 7.23. The van der Waals surface area contributed by atoms with Gasteiger partial charge in [0.15, 0.2) is 0 Å². The monoisotopic (exact) mass is 271 g/mol. The third-order valence-corrected chi connectivity index (χ3v) is 2.66. The number of nitrogens with zero attached hydrogens (tertiary/aromatic N) is 2. The first-order chi connectivity index (χ1) is 9.74. The summed E-state index contributed by atoms with van der Waals surface area (Å²) >= 11 is 0. The molecule has 20 heavy (non-hydrogen) atoms. The van der Waals surface area contributed by atoms with Crippen molar-refractivity contribution >= 4 is 5.91 Å². The second-order valence-corrected chi connectivity index (χ2v) is 4.35. The Hall–Kier alpha value is -2.43. The molecule has 1 N–H and O–H groups in total. The van der Waals surface area contributed by atoms with Gasteiger partial charge in [-0.15, -0.1) is 0 Å². The van der Waals surface area contributed by atoms with Crippen LogP contribution in [0.15, 0.2) is 42.5 Å². The highest BCUT2D eigenvalue weighted by molar-refractivity contribution is 5.75. The third-order valence-electron chi connectivity index (χ3n) is 2.66. The number of carbonyl (C=O) groups excluding carboxylic acids is 1. The lowest BCUT2D eigenvalue weighted by molar-refractivity contribution is -0.121. The van der Waals surface area contributed by atoms with Crippen LogP contribution in [0.4, 0.5) is 0 Å². The Kier molecular flexibility index (Phi) is 5.06. The Balaban J connectivity index is 1.67. The lowest BCUT2D eigenvalue weighted by Crippen LogP contribution is -2.25. The van der Waals surface area contributed by atoms with E-state index in [-0.39, 0.29) is 5.91 Å². The van der Waals surface area contributed by atoms with Gasteiger partial charge < -0.3 is 10.1 Å². The van der Waals surface area contributed by atoms with Crippen molar-refractivity contribution in [3.8, 4) is 5.75 Å². The maximum absolute atomic E-state index is 11.6. The number of nitrogens with one attached hydrogen (secondary N) is 1. The number of hydrogen-bond acceptors (Lipinski definition) is 4. The molecule has 1 aromatic carbocycles. The molecule has 0 atom stereocenters. The topological polar surface area (TPSA) is 64.1 Å². The fraction of sp³-hybridized carbons (Fsp3) is 0.267. The first-order valence-corrected chi connectivity index (χ1v) is 6.48. The predicted octanol–water partition coefficient (Wildman–Crippen LogP) is 1.87. The zero-order valence-corrected chi connectivity index (χ0v) is 11.4. The highest BCUT2D eigenvalue weighted by Crippen LogP contribution is 2.08.